The number of aromatic nitrogens is 1. The second kappa shape index (κ2) is 6.91. The number of nitrogens with one attached hydrogen (secondary N) is 1. The lowest BCUT2D eigenvalue weighted by molar-refractivity contribution is 0.0939. The van der Waals surface area contributed by atoms with Crippen LogP contribution in [0.2, 0.25) is 5.15 Å². The molecule has 0 aliphatic heterocycles. The third-order valence-electron chi connectivity index (χ3n) is 3.01. The van der Waals surface area contributed by atoms with Crippen LogP contribution in [-0.4, -0.2) is 18.0 Å². The second-order valence-electron chi connectivity index (χ2n) is 4.46. The molecule has 1 N–H and O–H groups in total. The molecule has 2 rings (SSSR count). The van der Waals surface area contributed by atoms with Gasteiger partial charge in [-0.15, -0.1) is 0 Å². The van der Waals surface area contributed by atoms with E-state index in [2.05, 4.69) is 26.2 Å². The van der Waals surface area contributed by atoms with E-state index in [0.29, 0.717) is 10.7 Å². The van der Waals surface area contributed by atoms with Crippen LogP contribution < -0.4 is 10.1 Å². The summed E-state index contributed by atoms with van der Waals surface area (Å²) in [5, 5.41) is 3.27. The highest BCUT2D eigenvalue weighted by atomic mass is 79.9. The van der Waals surface area contributed by atoms with Gasteiger partial charge in [0.2, 0.25) is 0 Å². The van der Waals surface area contributed by atoms with Crippen molar-refractivity contribution in [3.63, 3.8) is 0 Å². The van der Waals surface area contributed by atoms with Crippen LogP contribution in [0.1, 0.15) is 28.9 Å². The Bertz CT molecular complexity index is 647. The molecule has 4 nitrogen and oxygen atoms in total. The lowest BCUT2D eigenvalue weighted by atomic mass is 10.1. The predicted molar refractivity (Wildman–Crippen MR) is 85.8 cm³/mol. The molecule has 21 heavy (non-hydrogen) atoms. The highest BCUT2D eigenvalue weighted by Gasteiger charge is 2.13. The average Bonchev–Trinajstić information content (AvgIpc) is 2.47. The molecule has 0 bridgehead atoms. The topological polar surface area (TPSA) is 51.2 Å². The van der Waals surface area contributed by atoms with Crippen molar-refractivity contribution >= 4 is 33.4 Å². The Morgan fingerprint density at radius 2 is 2.14 bits per heavy atom. The summed E-state index contributed by atoms with van der Waals surface area (Å²) in [6, 6.07) is 8.77. The number of benzene rings is 1. The number of amides is 1. The fourth-order valence-corrected chi connectivity index (χ4v) is 2.50. The van der Waals surface area contributed by atoms with E-state index in [1.807, 2.05) is 25.1 Å². The second-order valence-corrected chi connectivity index (χ2v) is 5.70. The minimum atomic E-state index is -0.196. The van der Waals surface area contributed by atoms with Crippen LogP contribution in [0.5, 0.6) is 5.75 Å². The first-order chi connectivity index (χ1) is 10.0. The SMILES string of the molecule is COc1ccc([C@H](C)NC(=O)c2ccc(Cl)nc2)cc1Br. The number of hydrogen-bond acceptors (Lipinski definition) is 3. The zero-order valence-corrected chi connectivity index (χ0v) is 13.9. The van der Waals surface area contributed by atoms with E-state index >= 15 is 0 Å². The van der Waals surface area contributed by atoms with Crippen LogP contribution in [0.15, 0.2) is 41.0 Å². The van der Waals surface area contributed by atoms with Crippen molar-refractivity contribution in [3.05, 3.63) is 57.3 Å². The normalized spacial score (nSPS) is 11.8. The summed E-state index contributed by atoms with van der Waals surface area (Å²) in [5.74, 6) is 0.554. The minimum Gasteiger partial charge on any atom is -0.496 e. The molecule has 110 valence electrons. The summed E-state index contributed by atoms with van der Waals surface area (Å²) in [6.45, 7) is 1.91. The predicted octanol–water partition coefficient (Wildman–Crippen LogP) is 4.00. The number of rotatable bonds is 4. The molecule has 0 aliphatic carbocycles. The van der Waals surface area contributed by atoms with Gasteiger partial charge in [0.25, 0.3) is 5.91 Å². The number of nitrogens with zero attached hydrogens (tertiary/aromatic N) is 1. The van der Waals surface area contributed by atoms with Gasteiger partial charge in [-0.1, -0.05) is 17.7 Å². The highest BCUT2D eigenvalue weighted by molar-refractivity contribution is 9.10. The number of hydrogen-bond donors (Lipinski definition) is 1. The first-order valence-electron chi connectivity index (χ1n) is 6.27. The Kier molecular flexibility index (Phi) is 5.20. The molecule has 1 heterocycles. The molecule has 0 saturated heterocycles. The van der Waals surface area contributed by atoms with Crippen LogP contribution in [0.25, 0.3) is 0 Å². The number of carbonyl (C=O) groups is 1. The highest BCUT2D eigenvalue weighted by Crippen LogP contribution is 2.28. The van der Waals surface area contributed by atoms with Crippen LogP contribution >= 0.6 is 27.5 Å². The van der Waals surface area contributed by atoms with Gasteiger partial charge in [-0.3, -0.25) is 4.79 Å². The van der Waals surface area contributed by atoms with Crippen LogP contribution in [0, 0.1) is 0 Å². The number of halogens is 2. The summed E-state index contributed by atoms with van der Waals surface area (Å²) in [5.41, 5.74) is 1.44. The van der Waals surface area contributed by atoms with E-state index < -0.39 is 0 Å². The van der Waals surface area contributed by atoms with E-state index in [1.165, 1.54) is 6.20 Å². The van der Waals surface area contributed by atoms with E-state index in [4.69, 9.17) is 16.3 Å². The number of carbonyl (C=O) groups excluding carboxylic acids is 1. The number of methoxy groups -OCH3 is 1. The summed E-state index contributed by atoms with van der Waals surface area (Å²) < 4.78 is 6.03. The van der Waals surface area contributed by atoms with E-state index in [9.17, 15) is 4.79 Å². The molecular weight excluding hydrogens is 356 g/mol. The van der Waals surface area contributed by atoms with Gasteiger partial charge in [0.05, 0.1) is 23.2 Å². The first kappa shape index (κ1) is 15.8. The maximum Gasteiger partial charge on any atom is 0.253 e. The van der Waals surface area contributed by atoms with Crippen molar-refractivity contribution in [1.29, 1.82) is 0 Å². The van der Waals surface area contributed by atoms with E-state index in [-0.39, 0.29) is 11.9 Å². The maximum atomic E-state index is 12.1. The summed E-state index contributed by atoms with van der Waals surface area (Å²) >= 11 is 9.14. The van der Waals surface area contributed by atoms with Gasteiger partial charge in [-0.25, -0.2) is 4.98 Å². The van der Waals surface area contributed by atoms with Crippen LogP contribution in [0.4, 0.5) is 0 Å². The van der Waals surface area contributed by atoms with Crippen molar-refractivity contribution < 1.29 is 9.53 Å². The molecular formula is C15H14BrClN2O2. The van der Waals surface area contributed by atoms with Gasteiger partial charge >= 0.3 is 0 Å². The van der Waals surface area contributed by atoms with Crippen LogP contribution in [0.3, 0.4) is 0 Å². The average molecular weight is 370 g/mol. The minimum absolute atomic E-state index is 0.143. The molecule has 1 atom stereocenters. The Labute approximate surface area is 136 Å². The molecule has 6 heteroatoms. The van der Waals surface area contributed by atoms with Gasteiger partial charge in [0.1, 0.15) is 10.9 Å². The van der Waals surface area contributed by atoms with E-state index in [1.54, 1.807) is 19.2 Å². The zero-order valence-electron chi connectivity index (χ0n) is 11.6. The lowest BCUT2D eigenvalue weighted by Gasteiger charge is -2.15. The van der Waals surface area contributed by atoms with Crippen LogP contribution in [-0.2, 0) is 0 Å². The molecule has 1 aromatic heterocycles. The maximum absolute atomic E-state index is 12.1. The quantitative estimate of drug-likeness (QED) is 0.829. The molecule has 0 spiro atoms. The van der Waals surface area contributed by atoms with Crippen molar-refractivity contribution in [2.24, 2.45) is 0 Å². The standard InChI is InChI=1S/C15H14BrClN2O2/c1-9(10-3-5-13(21-2)12(16)7-10)19-15(20)11-4-6-14(17)18-8-11/h3-9H,1-2H3,(H,19,20)/t9-/m0/s1. The summed E-state index contributed by atoms with van der Waals surface area (Å²) in [4.78, 5) is 16.0. The molecule has 0 fully saturated rings. The number of pyridine rings is 1. The smallest absolute Gasteiger partial charge is 0.253 e. The van der Waals surface area contributed by atoms with Gasteiger partial charge in [-0.05, 0) is 52.7 Å². The third kappa shape index (κ3) is 3.95. The van der Waals surface area contributed by atoms with Crippen molar-refractivity contribution in [1.82, 2.24) is 10.3 Å². The van der Waals surface area contributed by atoms with Crippen molar-refractivity contribution in [2.45, 2.75) is 13.0 Å². The van der Waals surface area contributed by atoms with Gasteiger partial charge in [-0.2, -0.15) is 0 Å². The molecule has 1 amide bonds. The molecule has 2 aromatic rings. The Morgan fingerprint density at radius 3 is 2.71 bits per heavy atom. The van der Waals surface area contributed by atoms with Crippen molar-refractivity contribution in [2.75, 3.05) is 7.11 Å². The van der Waals surface area contributed by atoms with Crippen molar-refractivity contribution in [3.8, 4) is 5.75 Å². The number of ether oxygens (including phenoxy) is 1. The molecule has 0 unspecified atom stereocenters. The fraction of sp³-hybridized carbons (Fsp3) is 0.200. The fourth-order valence-electron chi connectivity index (χ4n) is 1.83. The lowest BCUT2D eigenvalue weighted by Crippen LogP contribution is -2.26. The van der Waals surface area contributed by atoms with Gasteiger partial charge in [0, 0.05) is 6.20 Å². The van der Waals surface area contributed by atoms with Gasteiger partial charge < -0.3 is 10.1 Å². The molecule has 1 aromatic carbocycles. The molecule has 0 saturated carbocycles. The first-order valence-corrected chi connectivity index (χ1v) is 7.44. The molecule has 0 aliphatic rings. The third-order valence-corrected chi connectivity index (χ3v) is 3.86. The Hall–Kier alpha value is -1.59. The molecule has 0 radical (unpaired) electrons. The summed E-state index contributed by atoms with van der Waals surface area (Å²) in [7, 11) is 1.61. The Morgan fingerprint density at radius 1 is 1.38 bits per heavy atom. The Balaban J connectivity index is 2.10. The van der Waals surface area contributed by atoms with E-state index in [0.717, 1.165) is 15.8 Å². The van der Waals surface area contributed by atoms with Gasteiger partial charge in [0.15, 0.2) is 0 Å². The monoisotopic (exact) mass is 368 g/mol. The largest absolute Gasteiger partial charge is 0.496 e. The summed E-state index contributed by atoms with van der Waals surface area (Å²) in [6.07, 6.45) is 1.45. The zero-order chi connectivity index (χ0) is 15.4.